The summed E-state index contributed by atoms with van der Waals surface area (Å²) >= 11 is 0. The Bertz CT molecular complexity index is 798. The number of amidine groups is 1. The number of nitrogens with one attached hydrogen (secondary N) is 1. The lowest BCUT2D eigenvalue weighted by molar-refractivity contribution is 0.865. The van der Waals surface area contributed by atoms with Crippen LogP contribution in [0.3, 0.4) is 0 Å². The van der Waals surface area contributed by atoms with Crippen molar-refractivity contribution in [3.63, 3.8) is 0 Å². The van der Waals surface area contributed by atoms with Gasteiger partial charge in [-0.1, -0.05) is 60.7 Å². The molecular weight excluding hydrogens is 296 g/mol. The molecule has 3 aromatic rings. The molecule has 116 valence electrons. The molecule has 4 heteroatoms. The van der Waals surface area contributed by atoms with E-state index in [1.54, 1.807) is 12.4 Å². The van der Waals surface area contributed by atoms with Gasteiger partial charge >= 0.3 is 0 Å². The van der Waals surface area contributed by atoms with Gasteiger partial charge in [0.25, 0.3) is 0 Å². The van der Waals surface area contributed by atoms with Crippen molar-refractivity contribution in [1.82, 2.24) is 10.3 Å². The second-order valence-corrected chi connectivity index (χ2v) is 5.18. The molecule has 0 bridgehead atoms. The minimum absolute atomic E-state index is 0.205. The normalized spacial score (nSPS) is 11.1. The van der Waals surface area contributed by atoms with Crippen molar-refractivity contribution in [2.45, 2.75) is 6.04 Å². The molecule has 0 saturated carbocycles. The van der Waals surface area contributed by atoms with E-state index in [4.69, 9.17) is 10.3 Å². The fourth-order valence-electron chi connectivity index (χ4n) is 2.48. The van der Waals surface area contributed by atoms with Crippen LogP contribution in [0.2, 0.25) is 0 Å². The summed E-state index contributed by atoms with van der Waals surface area (Å²) in [6.45, 7) is 0. The van der Waals surface area contributed by atoms with E-state index in [1.165, 1.54) is 0 Å². The molecule has 0 spiro atoms. The zero-order valence-electron chi connectivity index (χ0n) is 13.0. The Labute approximate surface area is 141 Å². The van der Waals surface area contributed by atoms with Crippen LogP contribution in [-0.2, 0) is 0 Å². The number of rotatable bonds is 4. The zero-order valence-corrected chi connectivity index (χ0v) is 13.0. The molecule has 1 N–H and O–H groups in total. The highest BCUT2D eigenvalue weighted by Crippen LogP contribution is 2.26. The predicted octanol–water partition coefficient (Wildman–Crippen LogP) is 3.69. The van der Waals surface area contributed by atoms with Crippen LogP contribution < -0.4 is 5.32 Å². The molecule has 0 atom stereocenters. The van der Waals surface area contributed by atoms with Gasteiger partial charge in [0.1, 0.15) is 11.9 Å². The SMILES string of the molecule is N#CN/C(=N\C(c1ccccc1)c1ccccc1)c1cccnc1. The standard InChI is InChI=1S/C20H16N4/c21-15-23-20(18-12-7-13-22-14-18)24-19(16-8-3-1-4-9-16)17-10-5-2-6-11-17/h1-14,19H,(H,23,24). The number of nitrogens with zero attached hydrogens (tertiary/aromatic N) is 3. The van der Waals surface area contributed by atoms with Crippen molar-refractivity contribution in [2.24, 2.45) is 4.99 Å². The number of aliphatic imine (C=N–C) groups is 1. The predicted molar refractivity (Wildman–Crippen MR) is 94.2 cm³/mol. The molecule has 3 rings (SSSR count). The number of nitriles is 1. The van der Waals surface area contributed by atoms with Crippen LogP contribution in [0.5, 0.6) is 0 Å². The summed E-state index contributed by atoms with van der Waals surface area (Å²) in [5, 5.41) is 11.8. The van der Waals surface area contributed by atoms with Crippen LogP contribution in [0.15, 0.2) is 90.2 Å². The minimum Gasteiger partial charge on any atom is -0.277 e. The molecule has 0 unspecified atom stereocenters. The highest BCUT2D eigenvalue weighted by Gasteiger charge is 2.14. The smallest absolute Gasteiger partial charge is 0.182 e. The number of hydrogen-bond acceptors (Lipinski definition) is 3. The van der Waals surface area contributed by atoms with Gasteiger partial charge in [0.15, 0.2) is 6.19 Å². The molecule has 4 nitrogen and oxygen atoms in total. The maximum Gasteiger partial charge on any atom is 0.182 e. The minimum atomic E-state index is -0.205. The van der Waals surface area contributed by atoms with Crippen LogP contribution >= 0.6 is 0 Å². The lowest BCUT2D eigenvalue weighted by Crippen LogP contribution is -2.20. The van der Waals surface area contributed by atoms with E-state index in [-0.39, 0.29) is 6.04 Å². The second-order valence-electron chi connectivity index (χ2n) is 5.18. The van der Waals surface area contributed by atoms with Crippen molar-refractivity contribution in [3.8, 4) is 6.19 Å². The van der Waals surface area contributed by atoms with Crippen molar-refractivity contribution >= 4 is 5.84 Å². The van der Waals surface area contributed by atoms with Gasteiger partial charge in [0.05, 0.1) is 0 Å². The van der Waals surface area contributed by atoms with E-state index < -0.39 is 0 Å². The number of benzene rings is 2. The molecule has 0 fully saturated rings. The fraction of sp³-hybridized carbons (Fsp3) is 0.0500. The average Bonchev–Trinajstić information content (AvgIpc) is 2.67. The number of hydrogen-bond donors (Lipinski definition) is 1. The second kappa shape index (κ2) is 7.70. The third kappa shape index (κ3) is 3.65. The van der Waals surface area contributed by atoms with Crippen LogP contribution in [0, 0.1) is 11.5 Å². The topological polar surface area (TPSA) is 61.1 Å². The Kier molecular flexibility index (Phi) is 4.96. The first-order valence-electron chi connectivity index (χ1n) is 7.61. The average molecular weight is 312 g/mol. The monoisotopic (exact) mass is 312 g/mol. The molecule has 0 amide bonds. The Morgan fingerprint density at radius 3 is 2.04 bits per heavy atom. The van der Waals surface area contributed by atoms with Gasteiger partial charge in [0.2, 0.25) is 0 Å². The number of aromatic nitrogens is 1. The zero-order chi connectivity index (χ0) is 16.6. The largest absolute Gasteiger partial charge is 0.277 e. The van der Waals surface area contributed by atoms with Gasteiger partial charge in [-0.05, 0) is 23.3 Å². The number of pyridine rings is 1. The Morgan fingerprint density at radius 1 is 0.917 bits per heavy atom. The lowest BCUT2D eigenvalue weighted by Gasteiger charge is -2.16. The summed E-state index contributed by atoms with van der Waals surface area (Å²) in [5.41, 5.74) is 2.89. The third-order valence-electron chi connectivity index (χ3n) is 3.60. The van der Waals surface area contributed by atoms with E-state index in [9.17, 15) is 0 Å². The molecule has 0 aliphatic rings. The van der Waals surface area contributed by atoms with E-state index >= 15 is 0 Å². The van der Waals surface area contributed by atoms with Gasteiger partial charge in [0, 0.05) is 18.0 Å². The molecule has 0 aliphatic heterocycles. The Balaban J connectivity index is 2.09. The molecular formula is C20H16N4. The fourth-order valence-corrected chi connectivity index (χ4v) is 2.48. The van der Waals surface area contributed by atoms with Gasteiger partial charge in [-0.2, -0.15) is 5.26 Å². The highest BCUT2D eigenvalue weighted by molar-refractivity contribution is 5.99. The summed E-state index contributed by atoms with van der Waals surface area (Å²) in [5.74, 6) is 0.503. The summed E-state index contributed by atoms with van der Waals surface area (Å²) in [7, 11) is 0. The molecule has 0 radical (unpaired) electrons. The first-order chi connectivity index (χ1) is 11.9. The highest BCUT2D eigenvalue weighted by atomic mass is 15.0. The quantitative estimate of drug-likeness (QED) is 0.346. The van der Waals surface area contributed by atoms with E-state index in [0.717, 1.165) is 16.7 Å². The molecule has 1 heterocycles. The molecule has 2 aromatic carbocycles. The first-order valence-corrected chi connectivity index (χ1v) is 7.61. The third-order valence-corrected chi connectivity index (χ3v) is 3.60. The van der Waals surface area contributed by atoms with Crippen LogP contribution in [0.4, 0.5) is 0 Å². The van der Waals surface area contributed by atoms with Crippen molar-refractivity contribution in [3.05, 3.63) is 102 Å². The Morgan fingerprint density at radius 2 is 1.54 bits per heavy atom. The van der Waals surface area contributed by atoms with Crippen molar-refractivity contribution in [1.29, 1.82) is 5.26 Å². The molecule has 0 aliphatic carbocycles. The first kappa shape index (κ1) is 15.4. The van der Waals surface area contributed by atoms with Crippen LogP contribution in [0.1, 0.15) is 22.7 Å². The van der Waals surface area contributed by atoms with Crippen LogP contribution in [0.25, 0.3) is 0 Å². The van der Waals surface area contributed by atoms with Gasteiger partial charge in [-0.25, -0.2) is 0 Å². The van der Waals surface area contributed by atoms with Crippen molar-refractivity contribution in [2.75, 3.05) is 0 Å². The van der Waals surface area contributed by atoms with Gasteiger partial charge in [-0.3, -0.25) is 15.3 Å². The van der Waals surface area contributed by atoms with Crippen molar-refractivity contribution < 1.29 is 0 Å². The summed E-state index contributed by atoms with van der Waals surface area (Å²) in [6.07, 6.45) is 5.35. The lowest BCUT2D eigenvalue weighted by atomic mass is 9.99. The summed E-state index contributed by atoms with van der Waals surface area (Å²) in [6, 6.07) is 23.5. The summed E-state index contributed by atoms with van der Waals surface area (Å²) in [4.78, 5) is 8.93. The van der Waals surface area contributed by atoms with E-state index in [2.05, 4.69) is 10.3 Å². The summed E-state index contributed by atoms with van der Waals surface area (Å²) < 4.78 is 0. The molecule has 1 aromatic heterocycles. The van der Waals surface area contributed by atoms with Gasteiger partial charge in [-0.15, -0.1) is 0 Å². The van der Waals surface area contributed by atoms with Crippen LogP contribution in [-0.4, -0.2) is 10.8 Å². The van der Waals surface area contributed by atoms with E-state index in [0.29, 0.717) is 5.84 Å². The van der Waals surface area contributed by atoms with Gasteiger partial charge < -0.3 is 0 Å². The van der Waals surface area contributed by atoms with E-state index in [1.807, 2.05) is 79.0 Å². The molecule has 24 heavy (non-hydrogen) atoms. The maximum absolute atomic E-state index is 9.09. The maximum atomic E-state index is 9.09. The molecule has 0 saturated heterocycles. The Hall–Kier alpha value is -3.45.